The molecule has 7 heteroatoms. The highest BCUT2D eigenvalue weighted by Crippen LogP contribution is 2.25. The van der Waals surface area contributed by atoms with E-state index in [-0.39, 0.29) is 23.7 Å². The number of nitrogens with one attached hydrogen (secondary N) is 1. The summed E-state index contributed by atoms with van der Waals surface area (Å²) >= 11 is 0. The molecule has 1 aliphatic heterocycles. The summed E-state index contributed by atoms with van der Waals surface area (Å²) in [6, 6.07) is 6.52. The van der Waals surface area contributed by atoms with Crippen molar-refractivity contribution < 1.29 is 9.59 Å². The standard InChI is InChI=1S/C15H16N4O3/c16-9-11-8-12(18-22)5-6-13(11)19-7-3-1-2-4-14(20)17-15(21)10-19/h5-6,8H,1-4,7,10H2,(H,17,20,21). The molecule has 1 aromatic rings. The van der Waals surface area contributed by atoms with Crippen molar-refractivity contribution >= 4 is 23.2 Å². The molecule has 7 nitrogen and oxygen atoms in total. The van der Waals surface area contributed by atoms with Crippen LogP contribution in [0, 0.1) is 16.2 Å². The second-order valence-electron chi connectivity index (χ2n) is 5.11. The molecule has 0 saturated carbocycles. The van der Waals surface area contributed by atoms with Crippen LogP contribution in [0.1, 0.15) is 31.2 Å². The molecule has 0 aliphatic carbocycles. The van der Waals surface area contributed by atoms with Crippen molar-refractivity contribution in [1.82, 2.24) is 5.32 Å². The quantitative estimate of drug-likeness (QED) is 0.664. The monoisotopic (exact) mass is 300 g/mol. The van der Waals surface area contributed by atoms with Gasteiger partial charge in [-0.3, -0.25) is 14.9 Å². The molecule has 0 bridgehead atoms. The molecule has 1 saturated heterocycles. The number of anilines is 1. The van der Waals surface area contributed by atoms with Gasteiger partial charge in [0.2, 0.25) is 11.8 Å². The molecule has 2 amide bonds. The summed E-state index contributed by atoms with van der Waals surface area (Å²) in [6.45, 7) is 0.596. The average Bonchev–Trinajstić information content (AvgIpc) is 2.52. The minimum Gasteiger partial charge on any atom is -0.361 e. The Hall–Kier alpha value is -2.75. The number of benzene rings is 1. The van der Waals surface area contributed by atoms with Crippen LogP contribution in [0.15, 0.2) is 23.4 Å². The van der Waals surface area contributed by atoms with Gasteiger partial charge in [-0.2, -0.15) is 5.26 Å². The van der Waals surface area contributed by atoms with E-state index < -0.39 is 5.91 Å². The first-order chi connectivity index (χ1) is 10.6. The number of rotatable bonds is 2. The van der Waals surface area contributed by atoms with Gasteiger partial charge < -0.3 is 4.90 Å². The van der Waals surface area contributed by atoms with E-state index in [0.29, 0.717) is 18.7 Å². The van der Waals surface area contributed by atoms with Crippen molar-refractivity contribution in [3.63, 3.8) is 0 Å². The van der Waals surface area contributed by atoms with Crippen LogP contribution in [0.4, 0.5) is 11.4 Å². The van der Waals surface area contributed by atoms with E-state index in [2.05, 4.69) is 10.5 Å². The van der Waals surface area contributed by atoms with Gasteiger partial charge in [0, 0.05) is 13.0 Å². The number of amides is 2. The van der Waals surface area contributed by atoms with Gasteiger partial charge in [0.1, 0.15) is 11.8 Å². The predicted octanol–water partition coefficient (Wildman–Crippen LogP) is 1.98. The predicted molar refractivity (Wildman–Crippen MR) is 80.4 cm³/mol. The van der Waals surface area contributed by atoms with Crippen LogP contribution < -0.4 is 10.2 Å². The second-order valence-corrected chi connectivity index (χ2v) is 5.11. The van der Waals surface area contributed by atoms with Crippen LogP contribution in [0.25, 0.3) is 0 Å². The normalized spacial score (nSPS) is 16.6. The zero-order valence-corrected chi connectivity index (χ0v) is 12.0. The Morgan fingerprint density at radius 1 is 1.18 bits per heavy atom. The molecule has 0 unspecified atom stereocenters. The first-order valence-corrected chi connectivity index (χ1v) is 7.09. The lowest BCUT2D eigenvalue weighted by atomic mass is 10.1. The number of nitroso groups, excluding NO2 is 1. The van der Waals surface area contributed by atoms with E-state index in [0.717, 1.165) is 19.3 Å². The van der Waals surface area contributed by atoms with Gasteiger partial charge in [0.25, 0.3) is 0 Å². The lowest BCUT2D eigenvalue weighted by Gasteiger charge is -2.26. The Bertz CT molecular complexity index is 636. The minimum atomic E-state index is -0.395. The molecule has 0 spiro atoms. The molecular weight excluding hydrogens is 284 g/mol. The zero-order chi connectivity index (χ0) is 15.9. The summed E-state index contributed by atoms with van der Waals surface area (Å²) < 4.78 is 0. The first-order valence-electron chi connectivity index (χ1n) is 7.09. The molecule has 1 fully saturated rings. The third-order valence-electron chi connectivity index (χ3n) is 3.49. The van der Waals surface area contributed by atoms with Gasteiger partial charge in [0.15, 0.2) is 0 Å². The topological polar surface area (TPSA) is 103 Å². The van der Waals surface area contributed by atoms with E-state index in [1.165, 1.54) is 12.1 Å². The number of carbonyl (C=O) groups excluding carboxylic acids is 2. The van der Waals surface area contributed by atoms with Crippen molar-refractivity contribution in [2.75, 3.05) is 18.0 Å². The third-order valence-corrected chi connectivity index (χ3v) is 3.49. The zero-order valence-electron chi connectivity index (χ0n) is 12.0. The van der Waals surface area contributed by atoms with Crippen molar-refractivity contribution in [2.45, 2.75) is 25.7 Å². The third kappa shape index (κ3) is 3.88. The molecule has 1 N–H and O–H groups in total. The van der Waals surface area contributed by atoms with Gasteiger partial charge in [-0.15, -0.1) is 4.91 Å². The van der Waals surface area contributed by atoms with Gasteiger partial charge >= 0.3 is 0 Å². The van der Waals surface area contributed by atoms with E-state index in [4.69, 9.17) is 0 Å². The number of carbonyl (C=O) groups is 2. The summed E-state index contributed by atoms with van der Waals surface area (Å²) in [5, 5.41) is 14.4. The van der Waals surface area contributed by atoms with Crippen LogP contribution >= 0.6 is 0 Å². The Labute approximate surface area is 127 Å². The summed E-state index contributed by atoms with van der Waals surface area (Å²) in [4.78, 5) is 35.7. The van der Waals surface area contributed by atoms with E-state index in [1.807, 2.05) is 6.07 Å². The van der Waals surface area contributed by atoms with Crippen molar-refractivity contribution in [1.29, 1.82) is 5.26 Å². The molecule has 22 heavy (non-hydrogen) atoms. The molecule has 2 rings (SSSR count). The van der Waals surface area contributed by atoms with Crippen LogP contribution in [-0.4, -0.2) is 24.9 Å². The average molecular weight is 300 g/mol. The fraction of sp³-hybridized carbons (Fsp3) is 0.400. The molecular formula is C15H16N4O3. The van der Waals surface area contributed by atoms with Crippen LogP contribution in [-0.2, 0) is 9.59 Å². The second kappa shape index (κ2) is 7.31. The van der Waals surface area contributed by atoms with Gasteiger partial charge in [-0.25, -0.2) is 0 Å². The number of imide groups is 1. The molecule has 0 atom stereocenters. The fourth-order valence-corrected chi connectivity index (χ4v) is 2.43. The Morgan fingerprint density at radius 3 is 2.73 bits per heavy atom. The van der Waals surface area contributed by atoms with Crippen molar-refractivity contribution in [3.8, 4) is 6.07 Å². The van der Waals surface area contributed by atoms with E-state index in [1.54, 1.807) is 11.0 Å². The van der Waals surface area contributed by atoms with Crippen LogP contribution in [0.5, 0.6) is 0 Å². The van der Waals surface area contributed by atoms with Crippen molar-refractivity contribution in [2.24, 2.45) is 5.18 Å². The highest BCUT2D eigenvalue weighted by atomic mass is 16.3. The lowest BCUT2D eigenvalue weighted by Crippen LogP contribution is -2.41. The molecule has 1 aromatic carbocycles. The van der Waals surface area contributed by atoms with Gasteiger partial charge in [-0.05, 0) is 36.2 Å². The van der Waals surface area contributed by atoms with Gasteiger partial charge in [-0.1, -0.05) is 6.42 Å². The van der Waals surface area contributed by atoms with Crippen LogP contribution in [0.2, 0.25) is 0 Å². The number of nitriles is 1. The lowest BCUT2D eigenvalue weighted by molar-refractivity contribution is -0.129. The summed E-state index contributed by atoms with van der Waals surface area (Å²) in [7, 11) is 0. The van der Waals surface area contributed by atoms with Crippen molar-refractivity contribution in [3.05, 3.63) is 28.7 Å². The summed E-state index contributed by atoms with van der Waals surface area (Å²) in [6.07, 6.45) is 2.77. The summed E-state index contributed by atoms with van der Waals surface area (Å²) in [5.41, 5.74) is 1.02. The molecule has 114 valence electrons. The maximum Gasteiger partial charge on any atom is 0.246 e. The van der Waals surface area contributed by atoms with E-state index in [9.17, 15) is 19.8 Å². The van der Waals surface area contributed by atoms with Gasteiger partial charge in [0.05, 0.1) is 17.8 Å². The smallest absolute Gasteiger partial charge is 0.246 e. The molecule has 0 radical (unpaired) electrons. The first kappa shape index (κ1) is 15.6. The molecule has 0 aromatic heterocycles. The summed E-state index contributed by atoms with van der Waals surface area (Å²) in [5.74, 6) is -0.666. The minimum absolute atomic E-state index is 0.00567. The molecule has 1 aliphatic rings. The van der Waals surface area contributed by atoms with Crippen LogP contribution in [0.3, 0.4) is 0 Å². The maximum absolute atomic E-state index is 11.9. The number of hydrogen-bond donors (Lipinski definition) is 1. The molecule has 1 heterocycles. The van der Waals surface area contributed by atoms with E-state index >= 15 is 0 Å². The Morgan fingerprint density at radius 2 is 2.00 bits per heavy atom. The number of hydrogen-bond acceptors (Lipinski definition) is 6. The Balaban J connectivity index is 2.27. The maximum atomic E-state index is 11.9. The largest absolute Gasteiger partial charge is 0.361 e. The Kier molecular flexibility index (Phi) is 5.20. The fourth-order valence-electron chi connectivity index (χ4n) is 2.43. The highest BCUT2D eigenvalue weighted by molar-refractivity contribution is 5.97. The highest BCUT2D eigenvalue weighted by Gasteiger charge is 2.18. The SMILES string of the molecule is N#Cc1cc(N=O)ccc1N1CCCCCC(=O)NC(=O)C1. The number of nitrogens with zero attached hydrogens (tertiary/aromatic N) is 3.